The molecule has 1 saturated heterocycles. The van der Waals surface area contributed by atoms with Crippen molar-refractivity contribution in [3.63, 3.8) is 0 Å². The molecular formula is C24H32N2O3. The molecule has 0 radical (unpaired) electrons. The lowest BCUT2D eigenvalue weighted by Crippen LogP contribution is -2.42. The van der Waals surface area contributed by atoms with E-state index >= 15 is 0 Å². The molecule has 156 valence electrons. The van der Waals surface area contributed by atoms with Crippen molar-refractivity contribution in [2.45, 2.75) is 39.2 Å². The van der Waals surface area contributed by atoms with Gasteiger partial charge in [-0.3, -0.25) is 4.79 Å². The summed E-state index contributed by atoms with van der Waals surface area (Å²) >= 11 is 0. The van der Waals surface area contributed by atoms with Crippen LogP contribution < -0.4 is 14.8 Å². The molecule has 2 aromatic rings. The second-order valence-electron chi connectivity index (χ2n) is 7.78. The van der Waals surface area contributed by atoms with Gasteiger partial charge in [0, 0.05) is 26.2 Å². The van der Waals surface area contributed by atoms with E-state index in [9.17, 15) is 4.79 Å². The maximum atomic E-state index is 12.1. The zero-order valence-corrected chi connectivity index (χ0v) is 17.7. The first kappa shape index (κ1) is 21.2. The molecule has 2 aromatic carbocycles. The van der Waals surface area contributed by atoms with Gasteiger partial charge in [0.25, 0.3) is 0 Å². The number of piperidine rings is 1. The van der Waals surface area contributed by atoms with E-state index < -0.39 is 0 Å². The van der Waals surface area contributed by atoms with Crippen LogP contribution >= 0.6 is 0 Å². The molecule has 0 aliphatic carbocycles. The molecule has 5 nitrogen and oxygen atoms in total. The van der Waals surface area contributed by atoms with Crippen LogP contribution in [0.2, 0.25) is 0 Å². The highest BCUT2D eigenvalue weighted by Gasteiger charge is 2.20. The minimum atomic E-state index is 0.0585. The number of amides is 1. The fraction of sp³-hybridized carbons (Fsp3) is 0.458. The van der Waals surface area contributed by atoms with Gasteiger partial charge in [0.15, 0.2) is 0 Å². The Morgan fingerprint density at radius 2 is 1.72 bits per heavy atom. The number of aryl methyl sites for hydroxylation is 2. The molecule has 1 N–H and O–H groups in total. The van der Waals surface area contributed by atoms with E-state index in [0.717, 1.165) is 49.5 Å². The van der Waals surface area contributed by atoms with Crippen molar-refractivity contribution in [2.24, 2.45) is 0 Å². The molecule has 0 bridgehead atoms. The zero-order chi connectivity index (χ0) is 20.6. The second-order valence-corrected chi connectivity index (χ2v) is 7.78. The number of hydrogen-bond acceptors (Lipinski definition) is 4. The zero-order valence-electron chi connectivity index (χ0n) is 17.7. The molecule has 5 heteroatoms. The van der Waals surface area contributed by atoms with Crippen molar-refractivity contribution in [1.82, 2.24) is 10.2 Å². The van der Waals surface area contributed by atoms with Crippen LogP contribution in [0.5, 0.6) is 11.5 Å². The number of rotatable bonds is 8. The summed E-state index contributed by atoms with van der Waals surface area (Å²) in [6.07, 6.45) is 2.72. The summed E-state index contributed by atoms with van der Waals surface area (Å²) in [6, 6.07) is 13.9. The summed E-state index contributed by atoms with van der Waals surface area (Å²) in [5.41, 5.74) is 3.55. The average molecular weight is 397 g/mol. The van der Waals surface area contributed by atoms with Crippen molar-refractivity contribution < 1.29 is 14.3 Å². The summed E-state index contributed by atoms with van der Waals surface area (Å²) in [5, 5.41) is 3.03. The van der Waals surface area contributed by atoms with E-state index in [4.69, 9.17) is 9.47 Å². The molecule has 29 heavy (non-hydrogen) atoms. The van der Waals surface area contributed by atoms with E-state index in [-0.39, 0.29) is 12.0 Å². The molecule has 0 aromatic heterocycles. The number of carbonyl (C=O) groups excluding carboxylic acids is 1. The Hall–Kier alpha value is -2.53. The molecule has 1 aliphatic heterocycles. The van der Waals surface area contributed by atoms with Gasteiger partial charge in [-0.25, -0.2) is 0 Å². The van der Waals surface area contributed by atoms with Crippen LogP contribution in [0.15, 0.2) is 42.5 Å². The highest BCUT2D eigenvalue weighted by molar-refractivity contribution is 5.78. The first-order valence-electron chi connectivity index (χ1n) is 10.4. The molecule has 1 aliphatic rings. The molecule has 3 rings (SSSR count). The molecular weight excluding hydrogens is 364 g/mol. The van der Waals surface area contributed by atoms with Crippen molar-refractivity contribution in [2.75, 3.05) is 33.3 Å². The Morgan fingerprint density at radius 3 is 2.38 bits per heavy atom. The van der Waals surface area contributed by atoms with Crippen LogP contribution in [0, 0.1) is 13.8 Å². The van der Waals surface area contributed by atoms with Crippen LogP contribution in [0.3, 0.4) is 0 Å². The van der Waals surface area contributed by atoms with Crippen LogP contribution in [-0.4, -0.2) is 50.2 Å². The molecule has 1 fully saturated rings. The van der Waals surface area contributed by atoms with Gasteiger partial charge in [-0.15, -0.1) is 0 Å². The van der Waals surface area contributed by atoms with E-state index in [2.05, 4.69) is 42.3 Å². The third kappa shape index (κ3) is 6.50. The summed E-state index contributed by atoms with van der Waals surface area (Å²) in [7, 11) is 1.64. The van der Waals surface area contributed by atoms with Crippen molar-refractivity contribution in [3.8, 4) is 11.5 Å². The third-order valence-corrected chi connectivity index (χ3v) is 5.59. The molecule has 0 atom stereocenters. The number of nitrogens with one attached hydrogen (secondary N) is 1. The molecule has 0 unspecified atom stereocenters. The normalized spacial score (nSPS) is 15.1. The van der Waals surface area contributed by atoms with Crippen molar-refractivity contribution >= 4 is 5.91 Å². The van der Waals surface area contributed by atoms with E-state index in [1.165, 1.54) is 11.1 Å². The first-order chi connectivity index (χ1) is 14.0. The highest BCUT2D eigenvalue weighted by atomic mass is 16.5. The molecule has 0 saturated carbocycles. The van der Waals surface area contributed by atoms with E-state index in [1.807, 2.05) is 24.3 Å². The molecule has 1 heterocycles. The summed E-state index contributed by atoms with van der Waals surface area (Å²) in [6.45, 7) is 7.80. The number of hydrogen-bond donors (Lipinski definition) is 1. The number of nitrogens with zero attached hydrogens (tertiary/aromatic N) is 1. The van der Waals surface area contributed by atoms with Gasteiger partial charge < -0.3 is 19.7 Å². The standard InChI is InChI=1S/C24H32N2O3/c1-18-4-7-23(16-19(18)2)29-22-10-13-26(14-11-22)15-12-25-24(27)17-20-5-8-21(28-3)9-6-20/h4-9,16,22H,10-15,17H2,1-3H3,(H,25,27). The average Bonchev–Trinajstić information content (AvgIpc) is 2.72. The van der Waals surface area contributed by atoms with Gasteiger partial charge in [-0.2, -0.15) is 0 Å². The predicted octanol–water partition coefficient (Wildman–Crippen LogP) is 3.51. The highest BCUT2D eigenvalue weighted by Crippen LogP contribution is 2.21. The quantitative estimate of drug-likeness (QED) is 0.742. The maximum absolute atomic E-state index is 12.1. The Balaban J connectivity index is 1.33. The van der Waals surface area contributed by atoms with Crippen molar-refractivity contribution in [1.29, 1.82) is 0 Å². The minimum Gasteiger partial charge on any atom is -0.497 e. The Kier molecular flexibility index (Phi) is 7.53. The Bertz CT molecular complexity index is 796. The number of ether oxygens (including phenoxy) is 2. The van der Waals surface area contributed by atoms with Gasteiger partial charge >= 0.3 is 0 Å². The van der Waals surface area contributed by atoms with Crippen LogP contribution in [0.4, 0.5) is 0 Å². The minimum absolute atomic E-state index is 0.0585. The molecule has 1 amide bonds. The fourth-order valence-corrected chi connectivity index (χ4v) is 3.58. The lowest BCUT2D eigenvalue weighted by molar-refractivity contribution is -0.120. The van der Waals surface area contributed by atoms with E-state index in [0.29, 0.717) is 13.0 Å². The predicted molar refractivity (Wildman–Crippen MR) is 116 cm³/mol. The maximum Gasteiger partial charge on any atom is 0.224 e. The van der Waals surface area contributed by atoms with Crippen LogP contribution in [0.1, 0.15) is 29.5 Å². The smallest absolute Gasteiger partial charge is 0.224 e. The van der Waals surface area contributed by atoms with Gasteiger partial charge in [0.2, 0.25) is 5.91 Å². The summed E-state index contributed by atoms with van der Waals surface area (Å²) in [4.78, 5) is 14.5. The summed E-state index contributed by atoms with van der Waals surface area (Å²) < 4.78 is 11.3. The Morgan fingerprint density at radius 1 is 1.03 bits per heavy atom. The number of benzene rings is 2. The second kappa shape index (κ2) is 10.3. The molecule has 0 spiro atoms. The number of carbonyl (C=O) groups is 1. The first-order valence-corrected chi connectivity index (χ1v) is 10.4. The monoisotopic (exact) mass is 396 g/mol. The largest absolute Gasteiger partial charge is 0.497 e. The van der Waals surface area contributed by atoms with E-state index in [1.54, 1.807) is 7.11 Å². The number of methoxy groups -OCH3 is 1. The summed E-state index contributed by atoms with van der Waals surface area (Å²) in [5.74, 6) is 1.83. The van der Waals surface area contributed by atoms with Gasteiger partial charge in [0.05, 0.1) is 13.5 Å². The van der Waals surface area contributed by atoms with Crippen LogP contribution in [-0.2, 0) is 11.2 Å². The number of likely N-dealkylation sites (tertiary alicyclic amines) is 1. The SMILES string of the molecule is COc1ccc(CC(=O)NCCN2CCC(Oc3ccc(C)c(C)c3)CC2)cc1. The lowest BCUT2D eigenvalue weighted by atomic mass is 10.1. The topological polar surface area (TPSA) is 50.8 Å². The fourth-order valence-electron chi connectivity index (χ4n) is 3.58. The van der Waals surface area contributed by atoms with Crippen LogP contribution in [0.25, 0.3) is 0 Å². The van der Waals surface area contributed by atoms with Gasteiger partial charge in [-0.1, -0.05) is 18.2 Å². The van der Waals surface area contributed by atoms with Crippen molar-refractivity contribution in [3.05, 3.63) is 59.2 Å². The van der Waals surface area contributed by atoms with Gasteiger partial charge in [-0.05, 0) is 67.6 Å². The lowest BCUT2D eigenvalue weighted by Gasteiger charge is -2.32. The van der Waals surface area contributed by atoms with Gasteiger partial charge in [0.1, 0.15) is 17.6 Å². The third-order valence-electron chi connectivity index (χ3n) is 5.59. The Labute approximate surface area is 174 Å².